The Labute approximate surface area is 124 Å². The zero-order valence-electron chi connectivity index (χ0n) is 11.0. The molecule has 0 unspecified atom stereocenters. The summed E-state index contributed by atoms with van der Waals surface area (Å²) in [5.74, 6) is -1.48. The molecule has 0 bridgehead atoms. The van der Waals surface area contributed by atoms with Crippen LogP contribution >= 0.6 is 15.9 Å². The molecule has 1 fully saturated rings. The smallest absolute Gasteiger partial charge is 0.339 e. The molecular formula is C14H15BrF3NO. The molecule has 0 N–H and O–H groups in total. The summed E-state index contributed by atoms with van der Waals surface area (Å²) in [6.45, 7) is 2.23. The Morgan fingerprint density at radius 3 is 2.40 bits per heavy atom. The molecule has 1 aromatic carbocycles. The normalized spacial score (nSPS) is 17.4. The van der Waals surface area contributed by atoms with E-state index in [2.05, 4.69) is 15.9 Å². The Morgan fingerprint density at radius 1 is 1.30 bits per heavy atom. The topological polar surface area (TPSA) is 20.3 Å². The van der Waals surface area contributed by atoms with Gasteiger partial charge in [-0.15, -0.1) is 0 Å². The van der Waals surface area contributed by atoms with E-state index in [9.17, 15) is 18.0 Å². The van der Waals surface area contributed by atoms with Gasteiger partial charge >= 0.3 is 6.18 Å². The van der Waals surface area contributed by atoms with Gasteiger partial charge in [-0.25, -0.2) is 0 Å². The molecule has 1 saturated heterocycles. The minimum atomic E-state index is -4.15. The van der Waals surface area contributed by atoms with Gasteiger partial charge < -0.3 is 4.90 Å². The monoisotopic (exact) mass is 349 g/mol. The van der Waals surface area contributed by atoms with Crippen LogP contribution < -0.4 is 0 Å². The van der Waals surface area contributed by atoms with Crippen LogP contribution in [0.1, 0.15) is 28.8 Å². The van der Waals surface area contributed by atoms with Gasteiger partial charge in [-0.05, 0) is 37.5 Å². The molecule has 1 heterocycles. The Balaban J connectivity index is 2.03. The lowest BCUT2D eigenvalue weighted by molar-refractivity contribution is -0.183. The number of halogens is 4. The third-order valence-electron chi connectivity index (χ3n) is 3.66. The van der Waals surface area contributed by atoms with Crippen molar-refractivity contribution in [3.63, 3.8) is 0 Å². The summed E-state index contributed by atoms with van der Waals surface area (Å²) in [6.07, 6.45) is -4.17. The van der Waals surface area contributed by atoms with Crippen molar-refractivity contribution >= 4 is 21.8 Å². The molecule has 2 rings (SSSR count). The molecule has 1 amide bonds. The van der Waals surface area contributed by atoms with Crippen LogP contribution in [0.3, 0.4) is 0 Å². The van der Waals surface area contributed by atoms with E-state index in [4.69, 9.17) is 0 Å². The van der Waals surface area contributed by atoms with Crippen LogP contribution in [-0.4, -0.2) is 30.1 Å². The number of carbonyl (C=O) groups is 1. The predicted molar refractivity (Wildman–Crippen MR) is 73.6 cm³/mol. The summed E-state index contributed by atoms with van der Waals surface area (Å²) in [5, 5.41) is 0. The van der Waals surface area contributed by atoms with Crippen LogP contribution in [0.2, 0.25) is 0 Å². The summed E-state index contributed by atoms with van der Waals surface area (Å²) in [6, 6.07) is 5.24. The van der Waals surface area contributed by atoms with E-state index in [1.165, 1.54) is 4.90 Å². The van der Waals surface area contributed by atoms with Crippen LogP contribution in [0.4, 0.5) is 13.2 Å². The predicted octanol–water partition coefficient (Wildman–Crippen LogP) is 4.17. The van der Waals surface area contributed by atoms with Crippen molar-refractivity contribution < 1.29 is 18.0 Å². The molecule has 110 valence electrons. The second-order valence-corrected chi connectivity index (χ2v) is 5.93. The van der Waals surface area contributed by atoms with Gasteiger partial charge in [0, 0.05) is 23.1 Å². The van der Waals surface area contributed by atoms with E-state index in [-0.39, 0.29) is 31.8 Å². The van der Waals surface area contributed by atoms with Gasteiger partial charge in [-0.1, -0.05) is 22.0 Å². The third kappa shape index (κ3) is 3.34. The molecule has 0 atom stereocenters. The maximum absolute atomic E-state index is 12.6. The fourth-order valence-corrected chi connectivity index (χ4v) is 2.70. The fourth-order valence-electron chi connectivity index (χ4n) is 2.32. The number of carbonyl (C=O) groups excluding carboxylic acids is 1. The van der Waals surface area contributed by atoms with Gasteiger partial charge in [0.2, 0.25) is 0 Å². The molecule has 0 aromatic heterocycles. The van der Waals surface area contributed by atoms with Gasteiger partial charge in [0.15, 0.2) is 0 Å². The van der Waals surface area contributed by atoms with Crippen LogP contribution in [0.25, 0.3) is 0 Å². The molecule has 0 aliphatic carbocycles. The number of likely N-dealkylation sites (tertiary alicyclic amines) is 1. The standard InChI is InChI=1S/C14H15BrF3NO/c1-9-2-3-10(8-12(9)15)13(20)19-6-4-11(5-7-19)14(16,17)18/h2-3,8,11H,4-7H2,1H3. The van der Waals surface area contributed by atoms with Crippen LogP contribution in [-0.2, 0) is 0 Å². The molecular weight excluding hydrogens is 335 g/mol. The zero-order valence-corrected chi connectivity index (χ0v) is 12.6. The minimum absolute atomic E-state index is 0.0116. The lowest BCUT2D eigenvalue weighted by atomic mass is 9.96. The number of piperidine rings is 1. The number of hydrogen-bond acceptors (Lipinski definition) is 1. The highest BCUT2D eigenvalue weighted by Crippen LogP contribution is 2.34. The number of nitrogens with zero attached hydrogens (tertiary/aromatic N) is 1. The second-order valence-electron chi connectivity index (χ2n) is 5.07. The van der Waals surface area contributed by atoms with Crippen molar-refractivity contribution in [2.45, 2.75) is 25.9 Å². The Morgan fingerprint density at radius 2 is 1.90 bits per heavy atom. The van der Waals surface area contributed by atoms with Crippen LogP contribution in [0.5, 0.6) is 0 Å². The Kier molecular flexibility index (Phi) is 4.42. The zero-order chi connectivity index (χ0) is 14.9. The lowest BCUT2D eigenvalue weighted by Gasteiger charge is -2.33. The highest BCUT2D eigenvalue weighted by Gasteiger charge is 2.41. The lowest BCUT2D eigenvalue weighted by Crippen LogP contribution is -2.42. The number of rotatable bonds is 1. The number of alkyl halides is 3. The second kappa shape index (κ2) is 5.76. The van der Waals surface area contributed by atoms with Gasteiger partial charge in [0.25, 0.3) is 5.91 Å². The van der Waals surface area contributed by atoms with E-state index in [0.29, 0.717) is 5.56 Å². The third-order valence-corrected chi connectivity index (χ3v) is 4.52. The Hall–Kier alpha value is -1.04. The first-order chi connectivity index (χ1) is 9.29. The highest BCUT2D eigenvalue weighted by molar-refractivity contribution is 9.10. The van der Waals surface area contributed by atoms with E-state index < -0.39 is 12.1 Å². The maximum atomic E-state index is 12.6. The molecule has 1 aromatic rings. The number of hydrogen-bond donors (Lipinski definition) is 0. The van der Waals surface area contributed by atoms with Gasteiger partial charge in [0.05, 0.1) is 5.92 Å². The first kappa shape index (κ1) is 15.4. The molecule has 0 saturated carbocycles. The van der Waals surface area contributed by atoms with Crippen molar-refractivity contribution in [1.82, 2.24) is 4.90 Å². The number of benzene rings is 1. The molecule has 0 spiro atoms. The van der Waals surface area contributed by atoms with E-state index in [1.807, 2.05) is 13.0 Å². The summed E-state index contributed by atoms with van der Waals surface area (Å²) in [4.78, 5) is 13.7. The molecule has 20 heavy (non-hydrogen) atoms. The largest absolute Gasteiger partial charge is 0.391 e. The quantitative estimate of drug-likeness (QED) is 0.744. The van der Waals surface area contributed by atoms with Gasteiger partial charge in [0.1, 0.15) is 0 Å². The average Bonchev–Trinajstić information content (AvgIpc) is 2.40. The SMILES string of the molecule is Cc1ccc(C(=O)N2CCC(C(F)(F)F)CC2)cc1Br. The van der Waals surface area contributed by atoms with Crippen molar-refractivity contribution in [2.75, 3.05) is 13.1 Å². The van der Waals surface area contributed by atoms with Crippen molar-refractivity contribution in [2.24, 2.45) is 5.92 Å². The molecule has 0 radical (unpaired) electrons. The van der Waals surface area contributed by atoms with Crippen molar-refractivity contribution in [3.05, 3.63) is 33.8 Å². The number of amides is 1. The average molecular weight is 350 g/mol. The molecule has 6 heteroatoms. The summed E-state index contributed by atoms with van der Waals surface area (Å²) in [5.41, 5.74) is 1.52. The van der Waals surface area contributed by atoms with Crippen LogP contribution in [0, 0.1) is 12.8 Å². The Bertz CT molecular complexity index is 508. The van der Waals surface area contributed by atoms with Crippen molar-refractivity contribution in [3.8, 4) is 0 Å². The minimum Gasteiger partial charge on any atom is -0.339 e. The van der Waals surface area contributed by atoms with Gasteiger partial charge in [-0.2, -0.15) is 13.2 Å². The maximum Gasteiger partial charge on any atom is 0.391 e. The number of aryl methyl sites for hydroxylation is 1. The first-order valence-corrected chi connectivity index (χ1v) is 7.20. The molecule has 1 aliphatic heterocycles. The highest BCUT2D eigenvalue weighted by atomic mass is 79.9. The summed E-state index contributed by atoms with van der Waals surface area (Å²) in [7, 11) is 0. The van der Waals surface area contributed by atoms with E-state index >= 15 is 0 Å². The first-order valence-electron chi connectivity index (χ1n) is 6.41. The van der Waals surface area contributed by atoms with Crippen LogP contribution in [0.15, 0.2) is 22.7 Å². The molecule has 1 aliphatic rings. The van der Waals surface area contributed by atoms with E-state index in [1.54, 1.807) is 12.1 Å². The van der Waals surface area contributed by atoms with E-state index in [0.717, 1.165) is 10.0 Å². The van der Waals surface area contributed by atoms with Gasteiger partial charge in [-0.3, -0.25) is 4.79 Å². The fraction of sp³-hybridized carbons (Fsp3) is 0.500. The molecule has 2 nitrogen and oxygen atoms in total. The summed E-state index contributed by atoms with van der Waals surface area (Å²) < 4.78 is 38.6. The van der Waals surface area contributed by atoms with Crippen molar-refractivity contribution in [1.29, 1.82) is 0 Å². The summed E-state index contributed by atoms with van der Waals surface area (Å²) >= 11 is 3.35.